The lowest BCUT2D eigenvalue weighted by molar-refractivity contribution is 0.103. The van der Waals surface area contributed by atoms with Gasteiger partial charge in [0.2, 0.25) is 0 Å². The molecule has 2 N–H and O–H groups in total. The van der Waals surface area contributed by atoms with Crippen LogP contribution in [0, 0.1) is 0 Å². The van der Waals surface area contributed by atoms with Gasteiger partial charge < -0.3 is 15.2 Å². The molecule has 21 heavy (non-hydrogen) atoms. The Morgan fingerprint density at radius 2 is 1.90 bits per heavy atom. The van der Waals surface area contributed by atoms with Crippen molar-refractivity contribution in [3.05, 3.63) is 51.0 Å². The zero-order valence-corrected chi connectivity index (χ0v) is 13.8. The first-order valence-electron chi connectivity index (χ1n) is 5.99. The van der Waals surface area contributed by atoms with Crippen molar-refractivity contribution >= 4 is 39.0 Å². The Morgan fingerprint density at radius 1 is 1.19 bits per heavy atom. The van der Waals surface area contributed by atoms with E-state index in [4.69, 9.17) is 26.8 Å². The van der Waals surface area contributed by atoms with Gasteiger partial charge in [0.15, 0.2) is 5.78 Å². The molecule has 0 aliphatic carbocycles. The predicted molar refractivity (Wildman–Crippen MR) is 86.5 cm³/mol. The minimum Gasteiger partial charge on any atom is -0.497 e. The highest BCUT2D eigenvalue weighted by atomic mass is 79.9. The number of carbonyl (C=O) groups excluding carboxylic acids is 1. The van der Waals surface area contributed by atoms with Crippen LogP contribution in [0.15, 0.2) is 34.8 Å². The van der Waals surface area contributed by atoms with Crippen LogP contribution in [0.3, 0.4) is 0 Å². The molecule has 0 saturated carbocycles. The maximum absolute atomic E-state index is 12.7. The molecule has 2 aromatic rings. The summed E-state index contributed by atoms with van der Waals surface area (Å²) >= 11 is 9.47. The topological polar surface area (TPSA) is 61.5 Å². The number of hydrogen-bond acceptors (Lipinski definition) is 4. The van der Waals surface area contributed by atoms with E-state index in [9.17, 15) is 4.79 Å². The van der Waals surface area contributed by atoms with Crippen molar-refractivity contribution in [1.82, 2.24) is 0 Å². The highest BCUT2D eigenvalue weighted by Crippen LogP contribution is 2.35. The van der Waals surface area contributed by atoms with E-state index in [-0.39, 0.29) is 5.78 Å². The van der Waals surface area contributed by atoms with Crippen LogP contribution in [0.25, 0.3) is 0 Å². The molecule has 0 saturated heterocycles. The van der Waals surface area contributed by atoms with Crippen LogP contribution in [0.1, 0.15) is 15.9 Å². The van der Waals surface area contributed by atoms with Crippen LogP contribution < -0.4 is 15.2 Å². The minimum atomic E-state index is -0.258. The van der Waals surface area contributed by atoms with Crippen LogP contribution in [0.5, 0.6) is 11.5 Å². The summed E-state index contributed by atoms with van der Waals surface area (Å²) in [6.45, 7) is 0. The average Bonchev–Trinajstić information content (AvgIpc) is 2.45. The van der Waals surface area contributed by atoms with Crippen LogP contribution in [-0.2, 0) is 0 Å². The van der Waals surface area contributed by atoms with Gasteiger partial charge in [-0.25, -0.2) is 0 Å². The van der Waals surface area contributed by atoms with E-state index in [1.165, 1.54) is 7.11 Å². The first-order valence-corrected chi connectivity index (χ1v) is 7.16. The molecule has 0 unspecified atom stereocenters. The predicted octanol–water partition coefficient (Wildman–Crippen LogP) is 3.93. The zero-order chi connectivity index (χ0) is 15.6. The van der Waals surface area contributed by atoms with Crippen LogP contribution in [-0.4, -0.2) is 20.0 Å². The lowest BCUT2D eigenvalue weighted by atomic mass is 10.0. The average molecular weight is 371 g/mol. The molecule has 0 fully saturated rings. The third-order valence-electron chi connectivity index (χ3n) is 2.95. The monoisotopic (exact) mass is 369 g/mol. The maximum atomic E-state index is 12.7. The number of nitrogen functional groups attached to an aromatic ring is 1. The van der Waals surface area contributed by atoms with Crippen LogP contribution in [0.2, 0.25) is 5.02 Å². The Morgan fingerprint density at radius 3 is 2.48 bits per heavy atom. The number of anilines is 1. The van der Waals surface area contributed by atoms with Gasteiger partial charge in [0.25, 0.3) is 0 Å². The molecule has 2 rings (SSSR count). The number of nitrogens with two attached hydrogens (primary N) is 1. The number of carbonyl (C=O) groups is 1. The number of ketones is 1. The third-order valence-corrected chi connectivity index (χ3v) is 3.89. The van der Waals surface area contributed by atoms with Crippen molar-refractivity contribution in [1.29, 1.82) is 0 Å². The molecule has 0 aromatic heterocycles. The van der Waals surface area contributed by atoms with Crippen LogP contribution in [0.4, 0.5) is 5.69 Å². The second-order valence-electron chi connectivity index (χ2n) is 4.25. The van der Waals surface area contributed by atoms with Gasteiger partial charge in [0.05, 0.1) is 24.8 Å². The van der Waals surface area contributed by atoms with E-state index in [1.54, 1.807) is 37.4 Å². The van der Waals surface area contributed by atoms with Crippen molar-refractivity contribution in [3.63, 3.8) is 0 Å². The summed E-state index contributed by atoms with van der Waals surface area (Å²) in [5.74, 6) is 0.726. The molecule has 0 bridgehead atoms. The standard InChI is InChI=1S/C15H13BrClNO3/c1-20-9-6-11(16)14(13(7-9)21-2)15(19)10-4-3-8(18)5-12(10)17/h3-7H,18H2,1-2H3. The van der Waals surface area contributed by atoms with E-state index in [1.807, 2.05) is 0 Å². The van der Waals surface area contributed by atoms with Crippen molar-refractivity contribution in [2.45, 2.75) is 0 Å². The Balaban J connectivity index is 2.57. The highest BCUT2D eigenvalue weighted by molar-refractivity contribution is 9.10. The first-order chi connectivity index (χ1) is 9.97. The lowest BCUT2D eigenvalue weighted by Crippen LogP contribution is -2.06. The number of rotatable bonds is 4. The van der Waals surface area contributed by atoms with Crippen molar-refractivity contribution in [2.24, 2.45) is 0 Å². The molecule has 4 nitrogen and oxygen atoms in total. The van der Waals surface area contributed by atoms with Gasteiger partial charge >= 0.3 is 0 Å². The van der Waals surface area contributed by atoms with E-state index in [0.717, 1.165) is 0 Å². The summed E-state index contributed by atoms with van der Waals surface area (Å²) in [6, 6.07) is 8.10. The van der Waals surface area contributed by atoms with Gasteiger partial charge in [-0.05, 0) is 40.2 Å². The fourth-order valence-corrected chi connectivity index (χ4v) is 2.78. The zero-order valence-electron chi connectivity index (χ0n) is 11.4. The Hall–Kier alpha value is -1.72. The van der Waals surface area contributed by atoms with Gasteiger partial charge in [-0.1, -0.05) is 11.6 Å². The molecule has 0 spiro atoms. The number of ether oxygens (including phenoxy) is 2. The fourth-order valence-electron chi connectivity index (χ4n) is 1.91. The summed E-state index contributed by atoms with van der Waals surface area (Å²) in [5.41, 5.74) is 6.88. The molecule has 2 aromatic carbocycles. The Labute approximate surface area is 135 Å². The molecule has 110 valence electrons. The fraction of sp³-hybridized carbons (Fsp3) is 0.133. The number of methoxy groups -OCH3 is 2. The SMILES string of the molecule is COc1cc(Br)c(C(=O)c2ccc(N)cc2Cl)c(OC)c1. The van der Waals surface area contributed by atoms with E-state index in [0.29, 0.717) is 37.8 Å². The van der Waals surface area contributed by atoms with Gasteiger partial charge in [0, 0.05) is 21.8 Å². The molecule has 0 aliphatic heterocycles. The molecule has 6 heteroatoms. The summed E-state index contributed by atoms with van der Waals surface area (Å²) in [4.78, 5) is 12.7. The highest BCUT2D eigenvalue weighted by Gasteiger charge is 2.21. The van der Waals surface area contributed by atoms with E-state index >= 15 is 0 Å². The van der Waals surface area contributed by atoms with Crippen molar-refractivity contribution in [2.75, 3.05) is 20.0 Å². The third kappa shape index (κ3) is 3.14. The van der Waals surface area contributed by atoms with Crippen LogP contribution >= 0.6 is 27.5 Å². The summed E-state index contributed by atoms with van der Waals surface area (Å²) < 4.78 is 11.0. The first kappa shape index (κ1) is 15.7. The second-order valence-corrected chi connectivity index (χ2v) is 5.52. The Bertz CT molecular complexity index is 704. The second kappa shape index (κ2) is 6.37. The number of halogens is 2. The molecule has 0 radical (unpaired) electrons. The number of benzene rings is 2. The summed E-state index contributed by atoms with van der Waals surface area (Å²) in [7, 11) is 3.03. The minimum absolute atomic E-state index is 0.258. The number of hydrogen-bond donors (Lipinski definition) is 1. The van der Waals surface area contributed by atoms with E-state index in [2.05, 4.69) is 15.9 Å². The Kier molecular flexibility index (Phi) is 4.75. The largest absolute Gasteiger partial charge is 0.497 e. The smallest absolute Gasteiger partial charge is 0.199 e. The molecular weight excluding hydrogens is 358 g/mol. The summed E-state index contributed by atoms with van der Waals surface area (Å²) in [5, 5.41) is 0.296. The molecule has 0 aliphatic rings. The lowest BCUT2D eigenvalue weighted by Gasteiger charge is -2.13. The molecule has 0 heterocycles. The van der Waals surface area contributed by atoms with Gasteiger partial charge in [0.1, 0.15) is 11.5 Å². The van der Waals surface area contributed by atoms with Crippen molar-refractivity contribution in [3.8, 4) is 11.5 Å². The van der Waals surface area contributed by atoms with Crippen molar-refractivity contribution < 1.29 is 14.3 Å². The molecular formula is C15H13BrClNO3. The summed E-state index contributed by atoms with van der Waals surface area (Å²) in [6.07, 6.45) is 0. The maximum Gasteiger partial charge on any atom is 0.199 e. The van der Waals surface area contributed by atoms with E-state index < -0.39 is 0 Å². The van der Waals surface area contributed by atoms with Gasteiger partial charge in [-0.3, -0.25) is 4.79 Å². The molecule has 0 atom stereocenters. The quantitative estimate of drug-likeness (QED) is 0.654. The normalized spacial score (nSPS) is 10.3. The molecule has 0 amide bonds. The van der Waals surface area contributed by atoms with Gasteiger partial charge in [-0.2, -0.15) is 0 Å². The van der Waals surface area contributed by atoms with Gasteiger partial charge in [-0.15, -0.1) is 0 Å².